The molecule has 1 heterocycles. The molecule has 158 valence electrons. The third kappa shape index (κ3) is 3.56. The van der Waals surface area contributed by atoms with Gasteiger partial charge in [0, 0.05) is 18.7 Å². The molecule has 0 saturated carbocycles. The fourth-order valence-electron chi connectivity index (χ4n) is 4.65. The van der Waals surface area contributed by atoms with Crippen LogP contribution in [0.5, 0.6) is 0 Å². The summed E-state index contributed by atoms with van der Waals surface area (Å²) in [5, 5.41) is 8.85. The van der Waals surface area contributed by atoms with E-state index < -0.39 is 23.1 Å². The number of benzene rings is 2. The summed E-state index contributed by atoms with van der Waals surface area (Å²) < 4.78 is 39.9. The van der Waals surface area contributed by atoms with Gasteiger partial charge in [-0.2, -0.15) is 13.2 Å². The average Bonchev–Trinajstić information content (AvgIpc) is 3.01. The number of amides is 2. The van der Waals surface area contributed by atoms with E-state index in [1.165, 1.54) is 17.0 Å². The van der Waals surface area contributed by atoms with Crippen molar-refractivity contribution in [3.05, 3.63) is 70.3 Å². The lowest BCUT2D eigenvalue weighted by Gasteiger charge is -2.33. The van der Waals surface area contributed by atoms with Crippen molar-refractivity contribution in [2.24, 2.45) is 5.41 Å². The third-order valence-corrected chi connectivity index (χ3v) is 6.26. The summed E-state index contributed by atoms with van der Waals surface area (Å²) in [7, 11) is 0. The summed E-state index contributed by atoms with van der Waals surface area (Å²) in [5.74, 6) is -0.761. The molecule has 1 spiro atoms. The number of halogens is 3. The standard InChI is InChI=1S/C22H21F3N2O3/c23-22(24,25)18-4-2-1-3-16(18)13-27-10-9-21(20(27)29)8-7-14-5-6-15(19(28)26-30)11-17(14)12-21/h1-6,11,30H,7-10,12-13H2,(H,26,28). The van der Waals surface area contributed by atoms with Crippen LogP contribution in [-0.4, -0.2) is 28.5 Å². The van der Waals surface area contributed by atoms with Gasteiger partial charge in [0.2, 0.25) is 5.91 Å². The zero-order valence-corrected chi connectivity index (χ0v) is 16.1. The van der Waals surface area contributed by atoms with Crippen molar-refractivity contribution in [1.82, 2.24) is 10.4 Å². The minimum absolute atomic E-state index is 0.0733. The van der Waals surface area contributed by atoms with Gasteiger partial charge in [-0.25, -0.2) is 5.48 Å². The monoisotopic (exact) mass is 418 g/mol. The molecule has 1 saturated heterocycles. The molecule has 2 N–H and O–H groups in total. The van der Waals surface area contributed by atoms with Gasteiger partial charge in [-0.15, -0.1) is 0 Å². The maximum absolute atomic E-state index is 13.3. The maximum Gasteiger partial charge on any atom is 0.416 e. The average molecular weight is 418 g/mol. The topological polar surface area (TPSA) is 69.6 Å². The van der Waals surface area contributed by atoms with Crippen LogP contribution < -0.4 is 5.48 Å². The summed E-state index contributed by atoms with van der Waals surface area (Å²) in [6.07, 6.45) is -2.18. The van der Waals surface area contributed by atoms with Gasteiger partial charge in [-0.05, 0) is 60.6 Å². The van der Waals surface area contributed by atoms with E-state index in [9.17, 15) is 22.8 Å². The molecule has 4 rings (SSSR count). The van der Waals surface area contributed by atoms with Crippen LogP contribution in [0.3, 0.4) is 0 Å². The Morgan fingerprint density at radius 2 is 1.90 bits per heavy atom. The van der Waals surface area contributed by atoms with Crippen LogP contribution in [0.1, 0.15) is 45.5 Å². The molecule has 2 aromatic carbocycles. The van der Waals surface area contributed by atoms with Gasteiger partial charge in [-0.3, -0.25) is 14.8 Å². The number of alkyl halides is 3. The van der Waals surface area contributed by atoms with Crippen molar-refractivity contribution in [2.45, 2.75) is 38.4 Å². The van der Waals surface area contributed by atoms with Gasteiger partial charge in [0.25, 0.3) is 5.91 Å². The molecule has 1 atom stereocenters. The molecule has 1 fully saturated rings. The number of fused-ring (bicyclic) bond motifs is 1. The molecule has 0 radical (unpaired) electrons. The van der Waals surface area contributed by atoms with Gasteiger partial charge in [0.15, 0.2) is 0 Å². The number of rotatable bonds is 3. The van der Waals surface area contributed by atoms with Crippen LogP contribution in [0.2, 0.25) is 0 Å². The number of carbonyl (C=O) groups is 2. The Balaban J connectivity index is 1.57. The molecular formula is C22H21F3N2O3. The van der Waals surface area contributed by atoms with Crippen molar-refractivity contribution in [1.29, 1.82) is 0 Å². The van der Waals surface area contributed by atoms with Gasteiger partial charge in [-0.1, -0.05) is 24.3 Å². The fourth-order valence-corrected chi connectivity index (χ4v) is 4.65. The van der Waals surface area contributed by atoms with Crippen molar-refractivity contribution >= 4 is 11.8 Å². The van der Waals surface area contributed by atoms with E-state index in [1.807, 2.05) is 6.07 Å². The van der Waals surface area contributed by atoms with E-state index >= 15 is 0 Å². The summed E-state index contributed by atoms with van der Waals surface area (Å²) in [6, 6.07) is 10.5. The Bertz CT molecular complexity index is 1010. The summed E-state index contributed by atoms with van der Waals surface area (Å²) in [4.78, 5) is 26.5. The first-order valence-electron chi connectivity index (χ1n) is 9.74. The van der Waals surface area contributed by atoms with Crippen LogP contribution in [0.15, 0.2) is 42.5 Å². The summed E-state index contributed by atoms with van der Waals surface area (Å²) in [6.45, 7) is 0.327. The fraction of sp³-hybridized carbons (Fsp3) is 0.364. The lowest BCUT2D eigenvalue weighted by Crippen LogP contribution is -2.38. The number of aryl methyl sites for hydroxylation is 1. The second-order valence-electron chi connectivity index (χ2n) is 8.01. The predicted octanol–water partition coefficient (Wildman–Crippen LogP) is 3.73. The molecule has 1 aliphatic carbocycles. The molecule has 2 aromatic rings. The van der Waals surface area contributed by atoms with Gasteiger partial charge in [0.1, 0.15) is 0 Å². The first kappa shape index (κ1) is 20.4. The molecule has 8 heteroatoms. The number of hydrogen-bond donors (Lipinski definition) is 2. The lowest BCUT2D eigenvalue weighted by atomic mass is 9.70. The number of hydroxylamine groups is 1. The molecule has 5 nitrogen and oxygen atoms in total. The third-order valence-electron chi connectivity index (χ3n) is 6.26. The number of nitrogens with one attached hydrogen (secondary N) is 1. The summed E-state index contributed by atoms with van der Waals surface area (Å²) >= 11 is 0. The molecule has 2 aliphatic rings. The van der Waals surface area contributed by atoms with Crippen LogP contribution in [0.4, 0.5) is 13.2 Å². The first-order valence-corrected chi connectivity index (χ1v) is 9.74. The van der Waals surface area contributed by atoms with Crippen molar-refractivity contribution in [3.8, 4) is 0 Å². The van der Waals surface area contributed by atoms with Gasteiger partial charge < -0.3 is 4.90 Å². The first-order chi connectivity index (χ1) is 14.2. The molecule has 0 bridgehead atoms. The highest BCUT2D eigenvalue weighted by Gasteiger charge is 2.48. The van der Waals surface area contributed by atoms with Crippen LogP contribution in [-0.2, 0) is 30.4 Å². The van der Waals surface area contributed by atoms with Crippen LogP contribution in [0.25, 0.3) is 0 Å². The Hall–Kier alpha value is -2.87. The summed E-state index contributed by atoms with van der Waals surface area (Å²) in [5.41, 5.74) is 2.54. The van der Waals surface area contributed by atoms with Gasteiger partial charge in [0.05, 0.1) is 11.0 Å². The second-order valence-corrected chi connectivity index (χ2v) is 8.01. The van der Waals surface area contributed by atoms with Crippen LogP contribution in [0, 0.1) is 5.41 Å². The molecular weight excluding hydrogens is 397 g/mol. The Kier molecular flexibility index (Phi) is 5.05. The zero-order chi connectivity index (χ0) is 21.5. The number of likely N-dealkylation sites (tertiary alicyclic amines) is 1. The van der Waals surface area contributed by atoms with E-state index in [0.717, 1.165) is 17.2 Å². The van der Waals surface area contributed by atoms with E-state index in [4.69, 9.17) is 5.21 Å². The van der Waals surface area contributed by atoms with Gasteiger partial charge >= 0.3 is 6.18 Å². The van der Waals surface area contributed by atoms with E-state index in [1.54, 1.807) is 23.7 Å². The number of hydrogen-bond acceptors (Lipinski definition) is 3. The van der Waals surface area contributed by atoms with E-state index in [2.05, 4.69) is 0 Å². The molecule has 30 heavy (non-hydrogen) atoms. The Morgan fingerprint density at radius 3 is 2.63 bits per heavy atom. The maximum atomic E-state index is 13.3. The Morgan fingerprint density at radius 1 is 1.13 bits per heavy atom. The Labute approximate surface area is 171 Å². The lowest BCUT2D eigenvalue weighted by molar-refractivity contribution is -0.141. The van der Waals surface area contributed by atoms with Crippen LogP contribution >= 0.6 is 0 Å². The highest BCUT2D eigenvalue weighted by molar-refractivity contribution is 5.93. The minimum Gasteiger partial charge on any atom is -0.338 e. The number of nitrogens with zero attached hydrogens (tertiary/aromatic N) is 1. The van der Waals surface area contributed by atoms with E-state index in [0.29, 0.717) is 37.8 Å². The molecule has 0 aromatic heterocycles. The molecule has 1 aliphatic heterocycles. The highest BCUT2D eigenvalue weighted by atomic mass is 19.4. The zero-order valence-electron chi connectivity index (χ0n) is 16.1. The van der Waals surface area contributed by atoms with Crippen molar-refractivity contribution in [3.63, 3.8) is 0 Å². The molecule has 2 amide bonds. The van der Waals surface area contributed by atoms with Crippen molar-refractivity contribution < 1.29 is 28.0 Å². The predicted molar refractivity (Wildman–Crippen MR) is 102 cm³/mol. The second kappa shape index (κ2) is 7.43. The largest absolute Gasteiger partial charge is 0.416 e. The van der Waals surface area contributed by atoms with E-state index in [-0.39, 0.29) is 18.0 Å². The smallest absolute Gasteiger partial charge is 0.338 e. The number of carbonyl (C=O) groups excluding carboxylic acids is 2. The van der Waals surface area contributed by atoms with Crippen molar-refractivity contribution in [2.75, 3.05) is 6.54 Å². The highest BCUT2D eigenvalue weighted by Crippen LogP contribution is 2.44. The normalized spacial score (nSPS) is 21.1. The quantitative estimate of drug-likeness (QED) is 0.590. The minimum atomic E-state index is -4.47. The molecule has 1 unspecified atom stereocenters. The SMILES string of the molecule is O=C(NO)c1ccc2c(c1)CC1(CC2)CCN(Cc2ccccc2C(F)(F)F)C1=O.